The van der Waals surface area contributed by atoms with E-state index in [9.17, 15) is 0 Å². The van der Waals surface area contributed by atoms with Gasteiger partial charge >= 0.3 is 0 Å². The Hall–Kier alpha value is -5.96. The van der Waals surface area contributed by atoms with E-state index >= 15 is 0 Å². The van der Waals surface area contributed by atoms with Gasteiger partial charge < -0.3 is 4.90 Å². The molecule has 49 heavy (non-hydrogen) atoms. The highest BCUT2D eigenvalue weighted by atomic mass is 32.1. The summed E-state index contributed by atoms with van der Waals surface area (Å²) in [5.74, 6) is 0. The maximum absolute atomic E-state index is 4.38. The highest BCUT2D eigenvalue weighted by molar-refractivity contribution is 7.25. The van der Waals surface area contributed by atoms with Gasteiger partial charge in [-0.1, -0.05) is 116 Å². The molecule has 0 spiro atoms. The fourth-order valence-electron chi connectivity index (χ4n) is 8.17. The first-order chi connectivity index (χ1) is 24.2. The summed E-state index contributed by atoms with van der Waals surface area (Å²) in [6, 6.07) is 53.8. The number of thiophene rings is 1. The molecule has 2 aliphatic carbocycles. The van der Waals surface area contributed by atoms with Crippen LogP contribution in [0.5, 0.6) is 0 Å². The highest BCUT2D eigenvalue weighted by Crippen LogP contribution is 2.56. The summed E-state index contributed by atoms with van der Waals surface area (Å²) in [4.78, 5) is 2.43. The Morgan fingerprint density at radius 2 is 1.18 bits per heavy atom. The molecule has 0 saturated heterocycles. The van der Waals surface area contributed by atoms with Crippen molar-refractivity contribution < 1.29 is 0 Å². The van der Waals surface area contributed by atoms with Crippen molar-refractivity contribution in [3.63, 3.8) is 0 Å². The minimum atomic E-state index is 1.12. The van der Waals surface area contributed by atoms with Crippen LogP contribution in [0.4, 0.5) is 17.1 Å². The van der Waals surface area contributed by atoms with Gasteiger partial charge in [0.1, 0.15) is 0 Å². The zero-order valence-corrected chi connectivity index (χ0v) is 27.9. The number of rotatable bonds is 4. The summed E-state index contributed by atoms with van der Waals surface area (Å²) in [6.45, 7) is 6.55. The Morgan fingerprint density at radius 1 is 0.510 bits per heavy atom. The molecule has 1 heterocycles. The van der Waals surface area contributed by atoms with Crippen molar-refractivity contribution >= 4 is 76.1 Å². The molecule has 0 N–H and O–H groups in total. The van der Waals surface area contributed by atoms with E-state index in [0.29, 0.717) is 0 Å². The summed E-state index contributed by atoms with van der Waals surface area (Å²) in [5, 5.41) is 5.05. The van der Waals surface area contributed by atoms with Crippen molar-refractivity contribution in [2.75, 3.05) is 4.90 Å². The predicted octanol–water partition coefficient (Wildman–Crippen LogP) is 13.8. The normalized spacial score (nSPS) is 13.9. The third-order valence-electron chi connectivity index (χ3n) is 10.3. The molecular weight excluding hydrogens is 611 g/mol. The third-order valence-corrected chi connectivity index (χ3v) is 11.5. The van der Waals surface area contributed by atoms with E-state index in [-0.39, 0.29) is 0 Å². The first kappa shape index (κ1) is 28.1. The number of benzene rings is 7. The van der Waals surface area contributed by atoms with Gasteiger partial charge in [-0.15, -0.1) is 11.3 Å². The molecule has 1 aromatic heterocycles. The molecule has 0 aliphatic heterocycles. The molecule has 230 valence electrons. The zero-order valence-electron chi connectivity index (χ0n) is 27.1. The lowest BCUT2D eigenvalue weighted by atomic mass is 9.83. The van der Waals surface area contributed by atoms with Gasteiger partial charge in [0.15, 0.2) is 0 Å². The summed E-state index contributed by atoms with van der Waals surface area (Å²) >= 11 is 1.86. The second kappa shape index (κ2) is 10.8. The molecule has 1 nitrogen and oxygen atoms in total. The predicted molar refractivity (Wildman–Crippen MR) is 213 cm³/mol. The van der Waals surface area contributed by atoms with Gasteiger partial charge in [-0.25, -0.2) is 0 Å². The van der Waals surface area contributed by atoms with Crippen LogP contribution in [0.2, 0.25) is 0 Å². The Bertz CT molecular complexity index is 2750. The van der Waals surface area contributed by atoms with E-state index in [2.05, 4.69) is 176 Å². The first-order valence-electron chi connectivity index (χ1n) is 16.8. The molecule has 0 amide bonds. The van der Waals surface area contributed by atoms with Crippen molar-refractivity contribution in [1.82, 2.24) is 0 Å². The lowest BCUT2D eigenvalue weighted by Crippen LogP contribution is -2.10. The number of nitrogens with zero attached hydrogens (tertiary/aromatic N) is 1. The van der Waals surface area contributed by atoms with E-state index in [1.807, 2.05) is 11.3 Å². The first-order valence-corrected chi connectivity index (χ1v) is 17.6. The average molecular weight is 642 g/mol. The molecule has 8 aromatic rings. The van der Waals surface area contributed by atoms with Gasteiger partial charge in [0, 0.05) is 37.2 Å². The molecule has 0 unspecified atom stereocenters. The quantitative estimate of drug-likeness (QED) is 0.185. The Morgan fingerprint density at radius 3 is 2.06 bits per heavy atom. The fourth-order valence-corrected chi connectivity index (χ4v) is 9.26. The number of hydrogen-bond donors (Lipinski definition) is 0. The van der Waals surface area contributed by atoms with Crippen LogP contribution in [0.15, 0.2) is 164 Å². The topological polar surface area (TPSA) is 3.24 Å². The summed E-state index contributed by atoms with van der Waals surface area (Å²) in [5.41, 5.74) is 15.9. The minimum absolute atomic E-state index is 1.12. The molecule has 0 radical (unpaired) electrons. The van der Waals surface area contributed by atoms with Crippen LogP contribution < -0.4 is 4.90 Å². The molecule has 0 saturated carbocycles. The van der Waals surface area contributed by atoms with Crippen LogP contribution in [-0.4, -0.2) is 0 Å². The largest absolute Gasteiger partial charge is 0.310 e. The fraction of sp³-hybridized carbons (Fsp3) is 0.0213. The Balaban J connectivity index is 1.27. The highest BCUT2D eigenvalue weighted by Gasteiger charge is 2.32. The van der Waals surface area contributed by atoms with Gasteiger partial charge in [0.2, 0.25) is 0 Å². The monoisotopic (exact) mass is 641 g/mol. The van der Waals surface area contributed by atoms with Crippen molar-refractivity contribution in [1.29, 1.82) is 0 Å². The third kappa shape index (κ3) is 4.11. The maximum atomic E-state index is 4.38. The van der Waals surface area contributed by atoms with E-state index in [1.165, 1.54) is 86.6 Å². The summed E-state index contributed by atoms with van der Waals surface area (Å²) in [6.07, 6.45) is 4.34. The summed E-state index contributed by atoms with van der Waals surface area (Å²) < 4.78 is 2.62. The van der Waals surface area contributed by atoms with Crippen LogP contribution in [0.25, 0.3) is 69.9 Å². The zero-order chi connectivity index (χ0) is 32.6. The molecular formula is C47H31NS. The Labute approximate surface area is 290 Å². The smallest absolute Gasteiger partial charge is 0.0468 e. The molecule has 2 aliphatic rings. The van der Waals surface area contributed by atoms with Gasteiger partial charge in [0.25, 0.3) is 0 Å². The molecule has 4 bridgehead atoms. The number of fused-ring (bicyclic) bond motifs is 9. The van der Waals surface area contributed by atoms with Crippen LogP contribution in [0.1, 0.15) is 23.6 Å². The lowest BCUT2D eigenvalue weighted by molar-refractivity contribution is 1.29. The Kier molecular flexibility index (Phi) is 6.18. The molecule has 0 fully saturated rings. The van der Waals surface area contributed by atoms with Gasteiger partial charge in [-0.2, -0.15) is 0 Å². The van der Waals surface area contributed by atoms with Crippen LogP contribution in [-0.2, 0) is 0 Å². The minimum Gasteiger partial charge on any atom is -0.310 e. The number of hydrogen-bond acceptors (Lipinski definition) is 2. The second-order valence-electron chi connectivity index (χ2n) is 12.8. The lowest BCUT2D eigenvalue weighted by Gasteiger charge is -2.28. The molecule has 7 aromatic carbocycles. The molecule has 2 heteroatoms. The van der Waals surface area contributed by atoms with Crippen molar-refractivity contribution in [3.05, 3.63) is 181 Å². The van der Waals surface area contributed by atoms with E-state index in [4.69, 9.17) is 0 Å². The van der Waals surface area contributed by atoms with E-state index in [0.717, 1.165) is 17.1 Å². The second-order valence-corrected chi connectivity index (χ2v) is 13.9. The van der Waals surface area contributed by atoms with Gasteiger partial charge in [-0.3, -0.25) is 0 Å². The van der Waals surface area contributed by atoms with Crippen molar-refractivity contribution in [2.45, 2.75) is 6.92 Å². The van der Waals surface area contributed by atoms with Crippen LogP contribution in [0, 0.1) is 0 Å². The number of allylic oxidation sites excluding steroid dienone is 5. The van der Waals surface area contributed by atoms with E-state index in [1.54, 1.807) is 0 Å². The molecule has 0 atom stereocenters. The standard InChI is InChI=1S/C47H31NS/c1-3-34-36-14-7-8-16-40(36)47-39-17-11-18-41(47)37-24-22-32(28-43(37)46(34)35(39)4-2)48(31-21-20-29-12-5-6-13-30(29)26-31)33-23-25-45-42(27-33)38-15-9-10-19-44(38)49-45/h3-28H,1H2,2H3/b35-4-. The van der Waals surface area contributed by atoms with E-state index < -0.39 is 0 Å². The van der Waals surface area contributed by atoms with Crippen molar-refractivity contribution in [3.8, 4) is 22.3 Å². The van der Waals surface area contributed by atoms with Crippen LogP contribution >= 0.6 is 11.3 Å². The maximum Gasteiger partial charge on any atom is 0.0468 e. The van der Waals surface area contributed by atoms with Crippen LogP contribution in [0.3, 0.4) is 0 Å². The SMILES string of the molecule is C=CC1=C2/C(=C\C)c3cccc(c3-c3ccccc31)-c1ccc(N(c3ccc4ccccc4c3)c3ccc4sc5ccccc5c4c3)cc12. The van der Waals surface area contributed by atoms with Crippen molar-refractivity contribution in [2.24, 2.45) is 0 Å². The summed E-state index contributed by atoms with van der Waals surface area (Å²) in [7, 11) is 0. The average Bonchev–Trinajstić information content (AvgIpc) is 3.44. The van der Waals surface area contributed by atoms with Gasteiger partial charge in [-0.05, 0) is 122 Å². The molecule has 10 rings (SSSR count). The van der Waals surface area contributed by atoms with Gasteiger partial charge in [0.05, 0.1) is 0 Å². The number of anilines is 3.